The molecule has 0 radical (unpaired) electrons. The van der Waals surface area contributed by atoms with Gasteiger partial charge in [0.2, 0.25) is 0 Å². The number of piperidine rings is 1. The van der Waals surface area contributed by atoms with Crippen LogP contribution in [0.5, 0.6) is 0 Å². The van der Waals surface area contributed by atoms with E-state index in [4.69, 9.17) is 0 Å². The summed E-state index contributed by atoms with van der Waals surface area (Å²) in [5.41, 5.74) is 0. The predicted molar refractivity (Wildman–Crippen MR) is 92.6 cm³/mol. The minimum absolute atomic E-state index is 0.0178. The Morgan fingerprint density at radius 3 is 2.25 bits per heavy atom. The number of hydrogen-bond acceptors (Lipinski definition) is 4. The Kier molecular flexibility index (Phi) is 5.71. The molecule has 0 unspecified atom stereocenters. The number of aromatic nitrogens is 3. The van der Waals surface area contributed by atoms with Gasteiger partial charge in [-0.25, -0.2) is 4.79 Å². The molecule has 2 aliphatic rings. The van der Waals surface area contributed by atoms with Crippen LogP contribution < -0.4 is 10.6 Å². The summed E-state index contributed by atoms with van der Waals surface area (Å²) in [7, 11) is 2.01. The number of likely N-dealkylation sites (tertiary alicyclic amines) is 1. The Labute approximate surface area is 144 Å². The quantitative estimate of drug-likeness (QED) is 0.879. The summed E-state index contributed by atoms with van der Waals surface area (Å²) >= 11 is 0. The molecule has 0 atom stereocenters. The number of amides is 2. The first-order valence-electron chi connectivity index (χ1n) is 9.26. The zero-order valence-electron chi connectivity index (χ0n) is 14.9. The van der Waals surface area contributed by atoms with Gasteiger partial charge in [0.1, 0.15) is 11.6 Å². The number of urea groups is 1. The summed E-state index contributed by atoms with van der Waals surface area (Å²) in [5.74, 6) is 1.95. The van der Waals surface area contributed by atoms with E-state index in [2.05, 4.69) is 25.7 Å². The fraction of sp³-hybridized carbons (Fsp3) is 0.824. The highest BCUT2D eigenvalue weighted by molar-refractivity contribution is 5.74. The van der Waals surface area contributed by atoms with Crippen LogP contribution in [0, 0.1) is 6.92 Å². The van der Waals surface area contributed by atoms with Crippen LogP contribution in [-0.4, -0.2) is 50.9 Å². The summed E-state index contributed by atoms with van der Waals surface area (Å²) in [4.78, 5) is 14.5. The van der Waals surface area contributed by atoms with E-state index in [1.165, 1.54) is 19.3 Å². The highest BCUT2D eigenvalue weighted by Crippen LogP contribution is 2.17. The van der Waals surface area contributed by atoms with Gasteiger partial charge in [-0.1, -0.05) is 19.3 Å². The molecule has 1 aliphatic carbocycles. The lowest BCUT2D eigenvalue weighted by molar-refractivity contribution is 0.180. The molecule has 7 heteroatoms. The van der Waals surface area contributed by atoms with Gasteiger partial charge in [0.15, 0.2) is 0 Å². The Morgan fingerprint density at radius 1 is 1.04 bits per heavy atom. The van der Waals surface area contributed by atoms with Crippen LogP contribution in [0.1, 0.15) is 56.6 Å². The van der Waals surface area contributed by atoms with Gasteiger partial charge >= 0.3 is 6.03 Å². The van der Waals surface area contributed by atoms with Crippen molar-refractivity contribution in [2.24, 2.45) is 7.05 Å². The molecule has 1 aromatic heterocycles. The second kappa shape index (κ2) is 7.96. The first kappa shape index (κ1) is 17.2. The average Bonchev–Trinajstić information content (AvgIpc) is 2.89. The maximum atomic E-state index is 12.1. The number of nitrogens with one attached hydrogen (secondary N) is 2. The van der Waals surface area contributed by atoms with Crippen LogP contribution in [0.4, 0.5) is 4.79 Å². The van der Waals surface area contributed by atoms with Crippen LogP contribution in [0.15, 0.2) is 0 Å². The van der Waals surface area contributed by atoms with Gasteiger partial charge in [0, 0.05) is 32.2 Å². The number of hydrogen-bond donors (Lipinski definition) is 2. The van der Waals surface area contributed by atoms with E-state index in [0.29, 0.717) is 6.04 Å². The van der Waals surface area contributed by atoms with E-state index in [1.807, 2.05) is 18.5 Å². The van der Waals surface area contributed by atoms with Gasteiger partial charge in [-0.15, -0.1) is 10.2 Å². The van der Waals surface area contributed by atoms with Crippen molar-refractivity contribution in [3.05, 3.63) is 11.6 Å². The number of rotatable bonds is 4. The van der Waals surface area contributed by atoms with E-state index in [0.717, 1.165) is 57.0 Å². The molecule has 1 saturated carbocycles. The third-order valence-electron chi connectivity index (χ3n) is 5.41. The van der Waals surface area contributed by atoms with Crippen molar-refractivity contribution in [1.82, 2.24) is 30.3 Å². The van der Waals surface area contributed by atoms with Crippen LogP contribution >= 0.6 is 0 Å². The van der Waals surface area contributed by atoms with E-state index >= 15 is 0 Å². The number of nitrogens with zero attached hydrogens (tertiary/aromatic N) is 4. The van der Waals surface area contributed by atoms with Gasteiger partial charge in [-0.2, -0.15) is 0 Å². The monoisotopic (exact) mass is 334 g/mol. The number of carbonyl (C=O) groups is 1. The second-order valence-corrected chi connectivity index (χ2v) is 7.23. The first-order chi connectivity index (χ1) is 11.6. The minimum Gasteiger partial charge on any atom is -0.335 e. The molecule has 3 rings (SSSR count). The molecule has 2 N–H and O–H groups in total. The normalized spacial score (nSPS) is 20.9. The Morgan fingerprint density at radius 2 is 1.67 bits per heavy atom. The van der Waals surface area contributed by atoms with Crippen molar-refractivity contribution in [2.75, 3.05) is 13.1 Å². The van der Waals surface area contributed by atoms with E-state index < -0.39 is 0 Å². The third kappa shape index (κ3) is 4.47. The van der Waals surface area contributed by atoms with Crippen LogP contribution in [0.3, 0.4) is 0 Å². The molecule has 0 aromatic carbocycles. The van der Waals surface area contributed by atoms with Crippen LogP contribution in [-0.2, 0) is 13.6 Å². The molecule has 2 amide bonds. The standard InChI is InChI=1S/C17H30N6O/c1-13-20-21-16(22(13)2)12-23-10-8-15(9-11-23)19-17(24)18-14-6-4-3-5-7-14/h14-15H,3-12H2,1-2H3,(H2,18,19,24). The summed E-state index contributed by atoms with van der Waals surface area (Å²) < 4.78 is 2.04. The first-order valence-corrected chi connectivity index (χ1v) is 9.26. The van der Waals surface area contributed by atoms with Gasteiger partial charge < -0.3 is 15.2 Å². The Hall–Kier alpha value is -1.63. The zero-order chi connectivity index (χ0) is 16.9. The molecule has 0 bridgehead atoms. The zero-order valence-corrected chi connectivity index (χ0v) is 14.9. The molecule has 0 spiro atoms. The van der Waals surface area contributed by atoms with E-state index in [9.17, 15) is 4.79 Å². The van der Waals surface area contributed by atoms with Crippen molar-refractivity contribution in [3.63, 3.8) is 0 Å². The van der Waals surface area contributed by atoms with Gasteiger partial charge in [0.25, 0.3) is 0 Å². The fourth-order valence-corrected chi connectivity index (χ4v) is 3.68. The van der Waals surface area contributed by atoms with Crippen molar-refractivity contribution >= 4 is 6.03 Å². The summed E-state index contributed by atoms with van der Waals surface area (Å²) in [6, 6.07) is 0.674. The summed E-state index contributed by atoms with van der Waals surface area (Å²) in [5, 5.41) is 14.6. The van der Waals surface area contributed by atoms with Crippen molar-refractivity contribution < 1.29 is 4.79 Å². The molecule has 24 heavy (non-hydrogen) atoms. The molecule has 2 heterocycles. The second-order valence-electron chi connectivity index (χ2n) is 7.23. The topological polar surface area (TPSA) is 75.1 Å². The van der Waals surface area contributed by atoms with Gasteiger partial charge in [0.05, 0.1) is 6.54 Å². The maximum Gasteiger partial charge on any atom is 0.315 e. The molecule has 1 saturated heterocycles. The van der Waals surface area contributed by atoms with Crippen molar-refractivity contribution in [2.45, 2.75) is 70.5 Å². The molecular weight excluding hydrogens is 304 g/mol. The van der Waals surface area contributed by atoms with E-state index in [1.54, 1.807) is 0 Å². The number of aryl methyl sites for hydroxylation is 1. The lowest BCUT2D eigenvalue weighted by Gasteiger charge is -2.32. The lowest BCUT2D eigenvalue weighted by Crippen LogP contribution is -2.50. The largest absolute Gasteiger partial charge is 0.335 e. The van der Waals surface area contributed by atoms with Crippen molar-refractivity contribution in [3.8, 4) is 0 Å². The molecule has 134 valence electrons. The minimum atomic E-state index is 0.0178. The van der Waals surface area contributed by atoms with Crippen LogP contribution in [0.25, 0.3) is 0 Å². The highest BCUT2D eigenvalue weighted by atomic mass is 16.2. The van der Waals surface area contributed by atoms with Gasteiger partial charge in [-0.3, -0.25) is 4.90 Å². The van der Waals surface area contributed by atoms with Crippen molar-refractivity contribution in [1.29, 1.82) is 0 Å². The Balaban J connectivity index is 1.38. The molecule has 1 aromatic rings. The summed E-state index contributed by atoms with van der Waals surface area (Å²) in [6.07, 6.45) is 8.04. The SMILES string of the molecule is Cc1nnc(CN2CCC(NC(=O)NC3CCCCC3)CC2)n1C. The molecule has 2 fully saturated rings. The van der Waals surface area contributed by atoms with Gasteiger partial charge in [-0.05, 0) is 32.6 Å². The van der Waals surface area contributed by atoms with E-state index in [-0.39, 0.29) is 12.1 Å². The Bertz CT molecular complexity index is 543. The average molecular weight is 334 g/mol. The molecule has 1 aliphatic heterocycles. The number of carbonyl (C=O) groups excluding carboxylic acids is 1. The summed E-state index contributed by atoms with van der Waals surface area (Å²) in [6.45, 7) is 4.77. The smallest absolute Gasteiger partial charge is 0.315 e. The predicted octanol–water partition coefficient (Wildman–Crippen LogP) is 1.72. The van der Waals surface area contributed by atoms with Crippen LogP contribution in [0.2, 0.25) is 0 Å². The maximum absolute atomic E-state index is 12.1. The fourth-order valence-electron chi connectivity index (χ4n) is 3.68. The highest BCUT2D eigenvalue weighted by Gasteiger charge is 2.23. The molecular formula is C17H30N6O. The third-order valence-corrected chi connectivity index (χ3v) is 5.41. The molecule has 7 nitrogen and oxygen atoms in total. The lowest BCUT2D eigenvalue weighted by atomic mass is 9.96.